The van der Waals surface area contributed by atoms with Gasteiger partial charge in [0.1, 0.15) is 11.6 Å². The van der Waals surface area contributed by atoms with Crippen LogP contribution in [0.2, 0.25) is 0 Å². The lowest BCUT2D eigenvalue weighted by Crippen LogP contribution is -2.06. The van der Waals surface area contributed by atoms with Crippen LogP contribution in [0.1, 0.15) is 21.5 Å². The van der Waals surface area contributed by atoms with Crippen molar-refractivity contribution in [3.05, 3.63) is 65.0 Å². The number of halogens is 1. The molecule has 0 saturated heterocycles. The van der Waals surface area contributed by atoms with Crippen molar-refractivity contribution in [3.8, 4) is 5.75 Å². The van der Waals surface area contributed by atoms with Crippen molar-refractivity contribution in [2.45, 2.75) is 13.3 Å². The van der Waals surface area contributed by atoms with Gasteiger partial charge in [-0.25, -0.2) is 4.39 Å². The number of rotatable bonds is 4. The number of hydrogen-bond donors (Lipinski definition) is 0. The van der Waals surface area contributed by atoms with Crippen molar-refractivity contribution in [2.24, 2.45) is 0 Å². The Balaban J connectivity index is 2.20. The number of carbonyl (C=O) groups is 1. The molecule has 98 valence electrons. The maximum absolute atomic E-state index is 13.8. The fourth-order valence-corrected chi connectivity index (χ4v) is 1.95. The Morgan fingerprint density at radius 3 is 2.63 bits per heavy atom. The number of hydrogen-bond acceptors (Lipinski definition) is 2. The third-order valence-corrected chi connectivity index (χ3v) is 2.92. The van der Waals surface area contributed by atoms with Crippen LogP contribution < -0.4 is 4.74 Å². The Morgan fingerprint density at radius 1 is 1.21 bits per heavy atom. The van der Waals surface area contributed by atoms with E-state index in [0.717, 1.165) is 11.1 Å². The second kappa shape index (κ2) is 5.65. The molecule has 2 aromatic carbocycles. The van der Waals surface area contributed by atoms with Crippen molar-refractivity contribution in [1.82, 2.24) is 0 Å². The van der Waals surface area contributed by atoms with Crippen LogP contribution in [-0.2, 0) is 6.42 Å². The molecule has 0 fully saturated rings. The summed E-state index contributed by atoms with van der Waals surface area (Å²) < 4.78 is 18.7. The molecule has 0 saturated carbocycles. The Bertz CT molecular complexity index is 605. The first-order valence-corrected chi connectivity index (χ1v) is 6.02. The van der Waals surface area contributed by atoms with E-state index in [-0.39, 0.29) is 17.8 Å². The lowest BCUT2D eigenvalue weighted by molar-refractivity contribution is 0.0989. The maximum Gasteiger partial charge on any atom is 0.170 e. The Hall–Kier alpha value is -2.16. The van der Waals surface area contributed by atoms with Gasteiger partial charge in [0.05, 0.1) is 12.7 Å². The number of methoxy groups -OCH3 is 1. The van der Waals surface area contributed by atoms with Gasteiger partial charge in [-0.2, -0.15) is 0 Å². The van der Waals surface area contributed by atoms with E-state index in [1.807, 2.05) is 31.2 Å². The molecule has 0 radical (unpaired) electrons. The highest BCUT2D eigenvalue weighted by molar-refractivity contribution is 5.97. The molecule has 0 spiro atoms. The van der Waals surface area contributed by atoms with Gasteiger partial charge in [0.25, 0.3) is 0 Å². The highest BCUT2D eigenvalue weighted by Gasteiger charge is 2.13. The van der Waals surface area contributed by atoms with Gasteiger partial charge in [0, 0.05) is 12.5 Å². The summed E-state index contributed by atoms with van der Waals surface area (Å²) >= 11 is 0. The SMILES string of the molecule is COc1ccc(C(=O)Cc2cccc(C)c2)c(F)c1. The molecule has 0 amide bonds. The molecule has 0 aromatic heterocycles. The Morgan fingerprint density at radius 2 is 2.00 bits per heavy atom. The summed E-state index contributed by atoms with van der Waals surface area (Å²) in [6.45, 7) is 1.96. The predicted octanol–water partition coefficient (Wildman–Crippen LogP) is 3.57. The number of ether oxygens (including phenoxy) is 1. The molecule has 3 heteroatoms. The highest BCUT2D eigenvalue weighted by Crippen LogP contribution is 2.18. The van der Waals surface area contributed by atoms with Crippen molar-refractivity contribution < 1.29 is 13.9 Å². The number of carbonyl (C=O) groups excluding carboxylic acids is 1. The van der Waals surface area contributed by atoms with Gasteiger partial charge in [-0.1, -0.05) is 29.8 Å². The zero-order valence-corrected chi connectivity index (χ0v) is 10.9. The average molecular weight is 258 g/mol. The summed E-state index contributed by atoms with van der Waals surface area (Å²) in [5.74, 6) is -0.368. The fraction of sp³-hybridized carbons (Fsp3) is 0.188. The van der Waals surface area contributed by atoms with Gasteiger partial charge in [0.2, 0.25) is 0 Å². The van der Waals surface area contributed by atoms with Crippen LogP contribution in [0, 0.1) is 12.7 Å². The van der Waals surface area contributed by atoms with E-state index in [0.29, 0.717) is 5.75 Å². The number of benzene rings is 2. The van der Waals surface area contributed by atoms with Gasteiger partial charge in [-0.3, -0.25) is 4.79 Å². The van der Waals surface area contributed by atoms with E-state index in [1.165, 1.54) is 19.2 Å². The molecule has 2 aromatic rings. The Labute approximate surface area is 111 Å². The van der Waals surface area contributed by atoms with Crippen LogP contribution in [0.15, 0.2) is 42.5 Å². The van der Waals surface area contributed by atoms with E-state index in [1.54, 1.807) is 6.07 Å². The molecule has 0 atom stereocenters. The van der Waals surface area contributed by atoms with Crippen LogP contribution in [0.3, 0.4) is 0 Å². The van der Waals surface area contributed by atoms with E-state index < -0.39 is 5.82 Å². The normalized spacial score (nSPS) is 10.3. The minimum atomic E-state index is -0.544. The first-order chi connectivity index (χ1) is 9.10. The van der Waals surface area contributed by atoms with Crippen LogP contribution in [-0.4, -0.2) is 12.9 Å². The standard InChI is InChI=1S/C16H15FO2/c1-11-4-3-5-12(8-11)9-16(18)14-7-6-13(19-2)10-15(14)17/h3-8,10H,9H2,1-2H3. The molecule has 2 rings (SSSR count). The van der Waals surface area contributed by atoms with E-state index in [2.05, 4.69) is 0 Å². The molecule has 0 N–H and O–H groups in total. The monoisotopic (exact) mass is 258 g/mol. The van der Waals surface area contributed by atoms with Gasteiger partial charge in [0.15, 0.2) is 5.78 Å². The summed E-state index contributed by atoms with van der Waals surface area (Å²) in [6, 6.07) is 11.9. The lowest BCUT2D eigenvalue weighted by Gasteiger charge is -2.06. The minimum Gasteiger partial charge on any atom is -0.497 e. The smallest absolute Gasteiger partial charge is 0.170 e. The summed E-state index contributed by atoms with van der Waals surface area (Å²) in [7, 11) is 1.46. The molecular weight excluding hydrogens is 243 g/mol. The summed E-state index contributed by atoms with van der Waals surface area (Å²) in [5.41, 5.74) is 2.07. The van der Waals surface area contributed by atoms with Gasteiger partial charge in [-0.15, -0.1) is 0 Å². The molecule has 0 aliphatic heterocycles. The van der Waals surface area contributed by atoms with Crippen LogP contribution >= 0.6 is 0 Å². The largest absolute Gasteiger partial charge is 0.497 e. The van der Waals surface area contributed by atoms with Crippen LogP contribution in [0.4, 0.5) is 4.39 Å². The first kappa shape index (κ1) is 13.3. The van der Waals surface area contributed by atoms with Gasteiger partial charge in [-0.05, 0) is 24.6 Å². The molecular formula is C16H15FO2. The second-order valence-electron chi connectivity index (χ2n) is 4.43. The molecule has 0 heterocycles. The topological polar surface area (TPSA) is 26.3 Å². The zero-order chi connectivity index (χ0) is 13.8. The molecule has 2 nitrogen and oxygen atoms in total. The van der Waals surface area contributed by atoms with E-state index >= 15 is 0 Å². The quantitative estimate of drug-likeness (QED) is 0.784. The third kappa shape index (κ3) is 3.19. The van der Waals surface area contributed by atoms with E-state index in [4.69, 9.17) is 4.74 Å². The predicted molar refractivity (Wildman–Crippen MR) is 72.2 cm³/mol. The Kier molecular flexibility index (Phi) is 3.95. The summed E-state index contributed by atoms with van der Waals surface area (Å²) in [4.78, 5) is 12.1. The van der Waals surface area contributed by atoms with Crippen molar-refractivity contribution in [3.63, 3.8) is 0 Å². The summed E-state index contributed by atoms with van der Waals surface area (Å²) in [6.07, 6.45) is 0.199. The number of ketones is 1. The average Bonchev–Trinajstić information content (AvgIpc) is 2.38. The summed E-state index contributed by atoms with van der Waals surface area (Å²) in [5, 5.41) is 0. The van der Waals surface area contributed by atoms with Crippen molar-refractivity contribution in [2.75, 3.05) is 7.11 Å². The number of aryl methyl sites for hydroxylation is 1. The van der Waals surface area contributed by atoms with Crippen LogP contribution in [0.5, 0.6) is 5.75 Å². The minimum absolute atomic E-state index is 0.0994. The lowest BCUT2D eigenvalue weighted by atomic mass is 10.0. The highest BCUT2D eigenvalue weighted by atomic mass is 19.1. The first-order valence-electron chi connectivity index (χ1n) is 6.02. The van der Waals surface area contributed by atoms with Gasteiger partial charge < -0.3 is 4.74 Å². The molecule has 19 heavy (non-hydrogen) atoms. The van der Waals surface area contributed by atoms with Crippen molar-refractivity contribution >= 4 is 5.78 Å². The van der Waals surface area contributed by atoms with Crippen LogP contribution in [0.25, 0.3) is 0 Å². The molecule has 0 aliphatic rings. The molecule has 0 bridgehead atoms. The zero-order valence-electron chi connectivity index (χ0n) is 10.9. The van der Waals surface area contributed by atoms with E-state index in [9.17, 15) is 9.18 Å². The number of Topliss-reactive ketones (excluding diaryl/α,β-unsaturated/α-hetero) is 1. The fourth-order valence-electron chi connectivity index (χ4n) is 1.95. The third-order valence-electron chi connectivity index (χ3n) is 2.92. The van der Waals surface area contributed by atoms with Gasteiger partial charge >= 0.3 is 0 Å². The molecule has 0 unspecified atom stereocenters. The maximum atomic E-state index is 13.8. The molecule has 0 aliphatic carbocycles. The second-order valence-corrected chi connectivity index (χ2v) is 4.43. The van der Waals surface area contributed by atoms with Crippen molar-refractivity contribution in [1.29, 1.82) is 0 Å².